The Balaban J connectivity index is 1.82. The molecule has 0 unspecified atom stereocenters. The highest BCUT2D eigenvalue weighted by molar-refractivity contribution is 5.89. The lowest BCUT2D eigenvalue weighted by atomic mass is 9.82. The van der Waals surface area contributed by atoms with Crippen molar-refractivity contribution in [1.82, 2.24) is 4.98 Å². The number of aliphatic hydroxyl groups excluding tert-OH is 1. The lowest BCUT2D eigenvalue weighted by molar-refractivity contribution is 0.0485. The number of rotatable bonds is 5. The summed E-state index contributed by atoms with van der Waals surface area (Å²) in [5.41, 5.74) is 0.460. The fourth-order valence-corrected chi connectivity index (χ4v) is 1.95. The number of anilines is 1. The van der Waals surface area contributed by atoms with Gasteiger partial charge in [-0.3, -0.25) is 0 Å². The molecule has 0 aromatic carbocycles. The molecule has 0 bridgehead atoms. The Labute approximate surface area is 106 Å². The van der Waals surface area contributed by atoms with Crippen LogP contribution < -0.4 is 5.32 Å². The first-order valence-electron chi connectivity index (χ1n) is 6.24. The van der Waals surface area contributed by atoms with Gasteiger partial charge in [-0.2, -0.15) is 0 Å². The van der Waals surface area contributed by atoms with E-state index in [4.69, 9.17) is 9.84 Å². The summed E-state index contributed by atoms with van der Waals surface area (Å²) in [6.45, 7) is 2.94. The normalized spacial score (nSPS) is 22.1. The van der Waals surface area contributed by atoms with Crippen LogP contribution in [0.4, 0.5) is 5.82 Å². The molecule has 0 spiro atoms. The second-order valence-electron chi connectivity index (χ2n) is 4.52. The van der Waals surface area contributed by atoms with E-state index in [9.17, 15) is 4.79 Å². The maximum atomic E-state index is 11.4. The van der Waals surface area contributed by atoms with E-state index in [1.54, 1.807) is 19.1 Å². The van der Waals surface area contributed by atoms with Gasteiger partial charge in [-0.05, 0) is 37.8 Å². The molecular formula is C13H18N2O3. The fraction of sp³-hybridized carbons (Fsp3) is 0.538. The molecule has 1 fully saturated rings. The van der Waals surface area contributed by atoms with Gasteiger partial charge < -0.3 is 15.2 Å². The molecule has 0 saturated heterocycles. The van der Waals surface area contributed by atoms with Gasteiger partial charge in [-0.15, -0.1) is 0 Å². The van der Waals surface area contributed by atoms with Crippen LogP contribution in [0.5, 0.6) is 0 Å². The van der Waals surface area contributed by atoms with Gasteiger partial charge >= 0.3 is 5.97 Å². The minimum Gasteiger partial charge on any atom is -0.462 e. The van der Waals surface area contributed by atoms with Crippen molar-refractivity contribution in [2.75, 3.05) is 18.5 Å². The highest BCUT2D eigenvalue weighted by Crippen LogP contribution is 2.27. The molecule has 0 amide bonds. The number of nitrogens with zero attached hydrogens (tertiary/aromatic N) is 1. The van der Waals surface area contributed by atoms with Crippen LogP contribution in [0.25, 0.3) is 0 Å². The van der Waals surface area contributed by atoms with E-state index in [0.29, 0.717) is 18.1 Å². The molecule has 2 N–H and O–H groups in total. The lowest BCUT2D eigenvalue weighted by Crippen LogP contribution is -2.33. The van der Waals surface area contributed by atoms with Crippen LogP contribution in [-0.2, 0) is 4.74 Å². The Morgan fingerprint density at radius 2 is 2.33 bits per heavy atom. The van der Waals surface area contributed by atoms with Gasteiger partial charge in [0.15, 0.2) is 0 Å². The SMILES string of the molecule is CCOC(=O)c1ccc(NCC2CC(O)C2)nc1. The van der Waals surface area contributed by atoms with Gasteiger partial charge in [0.1, 0.15) is 5.82 Å². The Bertz CT molecular complexity index is 399. The van der Waals surface area contributed by atoms with Crippen LogP contribution in [-0.4, -0.2) is 35.3 Å². The molecule has 1 saturated carbocycles. The van der Waals surface area contributed by atoms with Crippen LogP contribution >= 0.6 is 0 Å². The number of nitrogens with one attached hydrogen (secondary N) is 1. The zero-order chi connectivity index (χ0) is 13.0. The highest BCUT2D eigenvalue weighted by atomic mass is 16.5. The molecule has 98 valence electrons. The monoisotopic (exact) mass is 250 g/mol. The number of hydrogen-bond donors (Lipinski definition) is 2. The number of carbonyl (C=O) groups excluding carboxylic acids is 1. The van der Waals surface area contributed by atoms with Crippen molar-refractivity contribution in [1.29, 1.82) is 0 Å². The Hall–Kier alpha value is -1.62. The predicted molar refractivity (Wildman–Crippen MR) is 67.4 cm³/mol. The number of esters is 1. The Morgan fingerprint density at radius 1 is 1.56 bits per heavy atom. The van der Waals surface area contributed by atoms with Crippen molar-refractivity contribution in [3.8, 4) is 0 Å². The minimum atomic E-state index is -0.348. The third kappa shape index (κ3) is 3.20. The Morgan fingerprint density at radius 3 is 2.89 bits per heavy atom. The minimum absolute atomic E-state index is 0.129. The molecule has 5 heteroatoms. The average molecular weight is 250 g/mol. The summed E-state index contributed by atoms with van der Waals surface area (Å²) in [6.07, 6.45) is 3.09. The molecule has 2 rings (SSSR count). The number of carbonyl (C=O) groups is 1. The third-order valence-corrected chi connectivity index (χ3v) is 3.06. The fourth-order valence-electron chi connectivity index (χ4n) is 1.95. The maximum absolute atomic E-state index is 11.4. The van der Waals surface area contributed by atoms with E-state index >= 15 is 0 Å². The van der Waals surface area contributed by atoms with Crippen molar-refractivity contribution >= 4 is 11.8 Å². The van der Waals surface area contributed by atoms with Crippen LogP contribution in [0.1, 0.15) is 30.1 Å². The molecule has 1 aliphatic rings. The Kier molecular flexibility index (Phi) is 4.15. The molecule has 1 aromatic rings. The highest BCUT2D eigenvalue weighted by Gasteiger charge is 2.26. The lowest BCUT2D eigenvalue weighted by Gasteiger charge is -2.31. The number of pyridine rings is 1. The molecule has 1 heterocycles. The zero-order valence-corrected chi connectivity index (χ0v) is 10.4. The number of ether oxygens (including phenoxy) is 1. The van der Waals surface area contributed by atoms with E-state index in [-0.39, 0.29) is 12.1 Å². The van der Waals surface area contributed by atoms with Crippen molar-refractivity contribution in [3.05, 3.63) is 23.9 Å². The largest absolute Gasteiger partial charge is 0.462 e. The maximum Gasteiger partial charge on any atom is 0.339 e. The van der Waals surface area contributed by atoms with Crippen molar-refractivity contribution in [2.45, 2.75) is 25.9 Å². The van der Waals surface area contributed by atoms with Gasteiger partial charge in [-0.25, -0.2) is 9.78 Å². The summed E-state index contributed by atoms with van der Waals surface area (Å²) in [7, 11) is 0. The molecule has 0 radical (unpaired) electrons. The summed E-state index contributed by atoms with van der Waals surface area (Å²) < 4.78 is 4.88. The van der Waals surface area contributed by atoms with Gasteiger partial charge in [-0.1, -0.05) is 0 Å². The molecule has 5 nitrogen and oxygen atoms in total. The number of hydrogen-bond acceptors (Lipinski definition) is 5. The molecule has 1 aromatic heterocycles. The van der Waals surface area contributed by atoms with Crippen molar-refractivity contribution in [3.63, 3.8) is 0 Å². The smallest absolute Gasteiger partial charge is 0.339 e. The average Bonchev–Trinajstić information content (AvgIpc) is 2.34. The second kappa shape index (κ2) is 5.82. The predicted octanol–water partition coefficient (Wildman–Crippen LogP) is 1.44. The molecule has 18 heavy (non-hydrogen) atoms. The van der Waals surface area contributed by atoms with Crippen molar-refractivity contribution < 1.29 is 14.6 Å². The first-order chi connectivity index (χ1) is 8.69. The summed E-state index contributed by atoms with van der Waals surface area (Å²) in [5, 5.41) is 12.4. The molecule has 1 aliphatic carbocycles. The van der Waals surface area contributed by atoms with Crippen molar-refractivity contribution in [2.24, 2.45) is 5.92 Å². The van der Waals surface area contributed by atoms with Crippen LogP contribution in [0.15, 0.2) is 18.3 Å². The summed E-state index contributed by atoms with van der Waals surface area (Å²) in [5.74, 6) is 0.912. The molecule has 0 atom stereocenters. The standard InChI is InChI=1S/C13H18N2O3/c1-2-18-13(17)10-3-4-12(15-8-10)14-7-9-5-11(16)6-9/h3-4,8-9,11,16H,2,5-7H2,1H3,(H,14,15). The second-order valence-corrected chi connectivity index (χ2v) is 4.52. The number of aromatic nitrogens is 1. The first-order valence-corrected chi connectivity index (χ1v) is 6.24. The zero-order valence-electron chi connectivity index (χ0n) is 10.4. The topological polar surface area (TPSA) is 71.5 Å². The van der Waals surface area contributed by atoms with Gasteiger partial charge in [0.05, 0.1) is 18.3 Å². The van der Waals surface area contributed by atoms with Gasteiger partial charge in [0.25, 0.3) is 0 Å². The number of aliphatic hydroxyl groups is 1. The third-order valence-electron chi connectivity index (χ3n) is 3.06. The van der Waals surface area contributed by atoms with E-state index in [0.717, 1.165) is 25.2 Å². The van der Waals surface area contributed by atoms with E-state index < -0.39 is 0 Å². The molecular weight excluding hydrogens is 232 g/mol. The summed E-state index contributed by atoms with van der Waals surface area (Å²) in [4.78, 5) is 15.6. The van der Waals surface area contributed by atoms with Crippen LogP contribution in [0, 0.1) is 5.92 Å². The summed E-state index contributed by atoms with van der Waals surface area (Å²) >= 11 is 0. The first kappa shape index (κ1) is 12.8. The van der Waals surface area contributed by atoms with Gasteiger partial charge in [0, 0.05) is 12.7 Å². The van der Waals surface area contributed by atoms with E-state index in [1.807, 2.05) is 0 Å². The summed E-state index contributed by atoms with van der Waals surface area (Å²) in [6, 6.07) is 3.46. The van der Waals surface area contributed by atoms with E-state index in [2.05, 4.69) is 10.3 Å². The molecule has 0 aliphatic heterocycles. The quantitative estimate of drug-likeness (QED) is 0.774. The van der Waals surface area contributed by atoms with E-state index in [1.165, 1.54) is 6.20 Å². The van der Waals surface area contributed by atoms with Gasteiger partial charge in [0.2, 0.25) is 0 Å². The van der Waals surface area contributed by atoms with Crippen LogP contribution in [0.3, 0.4) is 0 Å². The van der Waals surface area contributed by atoms with Crippen LogP contribution in [0.2, 0.25) is 0 Å².